The fourth-order valence-electron chi connectivity index (χ4n) is 1.00. The van der Waals surface area contributed by atoms with E-state index in [1.807, 2.05) is 0 Å². The van der Waals surface area contributed by atoms with E-state index in [1.165, 1.54) is 6.92 Å². The Morgan fingerprint density at radius 1 is 1.57 bits per heavy atom. The third kappa shape index (κ3) is 3.22. The highest BCUT2D eigenvalue weighted by atomic mass is 16.6. The topological polar surface area (TPSA) is 99.5 Å². The van der Waals surface area contributed by atoms with E-state index >= 15 is 0 Å². The lowest BCUT2D eigenvalue weighted by molar-refractivity contribution is -0.149. The Labute approximate surface area is 81.1 Å². The fraction of sp³-hybridized carbons (Fsp3) is 0.875. The zero-order valence-corrected chi connectivity index (χ0v) is 7.79. The number of rotatable bonds is 5. The predicted octanol–water partition coefficient (Wildman–Crippen LogP) is -1.97. The molecule has 3 N–H and O–H groups in total. The molecule has 0 aliphatic carbocycles. The van der Waals surface area contributed by atoms with Crippen LogP contribution in [0.5, 0.6) is 0 Å². The Kier molecular flexibility index (Phi) is 3.82. The van der Waals surface area contributed by atoms with Crippen LogP contribution < -0.4 is 0 Å². The molecule has 1 rings (SSSR count). The van der Waals surface area contributed by atoms with Crippen LogP contribution in [0.1, 0.15) is 6.92 Å². The minimum atomic E-state index is -1.36. The molecule has 6 heteroatoms. The maximum atomic E-state index is 10.4. The number of hydrogen-bond donors (Lipinski definition) is 3. The van der Waals surface area contributed by atoms with Gasteiger partial charge >= 0.3 is 5.97 Å². The summed E-state index contributed by atoms with van der Waals surface area (Å²) in [6.45, 7) is 1.23. The first kappa shape index (κ1) is 11.4. The van der Waals surface area contributed by atoms with Crippen LogP contribution in [0.4, 0.5) is 0 Å². The SMILES string of the molecule is CC(=O)OC[C@@H](O)[C@H](O)[C@H](O)[C@@H]1CO1. The molecule has 1 heterocycles. The second-order valence-corrected chi connectivity index (χ2v) is 3.22. The number of ether oxygens (including phenoxy) is 2. The van der Waals surface area contributed by atoms with Gasteiger partial charge in [-0.2, -0.15) is 0 Å². The molecule has 4 atom stereocenters. The molecule has 0 radical (unpaired) electrons. The monoisotopic (exact) mass is 206 g/mol. The predicted molar refractivity (Wildman–Crippen MR) is 44.4 cm³/mol. The summed E-state index contributed by atoms with van der Waals surface area (Å²) >= 11 is 0. The molecule has 0 aromatic carbocycles. The quantitative estimate of drug-likeness (QED) is 0.356. The van der Waals surface area contributed by atoms with Crippen molar-refractivity contribution >= 4 is 5.97 Å². The van der Waals surface area contributed by atoms with Crippen LogP contribution in [0.25, 0.3) is 0 Å². The average molecular weight is 206 g/mol. The fourth-order valence-corrected chi connectivity index (χ4v) is 1.00. The van der Waals surface area contributed by atoms with Crippen molar-refractivity contribution in [3.05, 3.63) is 0 Å². The summed E-state index contributed by atoms with van der Waals surface area (Å²) in [5.41, 5.74) is 0. The molecule has 1 aliphatic rings. The van der Waals surface area contributed by atoms with E-state index in [9.17, 15) is 20.1 Å². The van der Waals surface area contributed by atoms with Gasteiger partial charge in [-0.3, -0.25) is 4.79 Å². The molecule has 0 spiro atoms. The van der Waals surface area contributed by atoms with Crippen LogP contribution in [0.15, 0.2) is 0 Å². The van der Waals surface area contributed by atoms with E-state index in [0.717, 1.165) is 0 Å². The van der Waals surface area contributed by atoms with E-state index in [1.54, 1.807) is 0 Å². The number of aliphatic hydroxyl groups excluding tert-OH is 3. The van der Waals surface area contributed by atoms with Crippen LogP contribution in [0.2, 0.25) is 0 Å². The Balaban J connectivity index is 2.27. The zero-order valence-electron chi connectivity index (χ0n) is 7.79. The number of carbonyl (C=O) groups is 1. The standard InChI is InChI=1S/C8H14O6/c1-4(9)13-2-5(10)7(11)8(12)6-3-14-6/h5-8,10-12H,2-3H2,1H3/t5-,6+,7+,8-/m1/s1. The zero-order chi connectivity index (χ0) is 10.7. The number of carbonyl (C=O) groups excluding carboxylic acids is 1. The van der Waals surface area contributed by atoms with Crippen LogP contribution in [0, 0.1) is 0 Å². The van der Waals surface area contributed by atoms with Gasteiger partial charge in [0.05, 0.1) is 6.61 Å². The highest BCUT2D eigenvalue weighted by molar-refractivity contribution is 5.65. The van der Waals surface area contributed by atoms with Gasteiger partial charge in [0, 0.05) is 6.92 Å². The molecule has 6 nitrogen and oxygen atoms in total. The normalized spacial score (nSPS) is 26.4. The van der Waals surface area contributed by atoms with Gasteiger partial charge in [-0.15, -0.1) is 0 Å². The minimum absolute atomic E-state index is 0.333. The van der Waals surface area contributed by atoms with E-state index in [2.05, 4.69) is 4.74 Å². The van der Waals surface area contributed by atoms with Gasteiger partial charge in [0.2, 0.25) is 0 Å². The Morgan fingerprint density at radius 2 is 2.14 bits per heavy atom. The molecule has 0 aromatic rings. The molecule has 1 aliphatic heterocycles. The summed E-state index contributed by atoms with van der Waals surface area (Å²) in [6.07, 6.45) is -4.21. The van der Waals surface area contributed by atoms with Gasteiger partial charge in [-0.1, -0.05) is 0 Å². The maximum absolute atomic E-state index is 10.4. The molecule has 14 heavy (non-hydrogen) atoms. The van der Waals surface area contributed by atoms with Crippen molar-refractivity contribution in [2.24, 2.45) is 0 Å². The van der Waals surface area contributed by atoms with Crippen molar-refractivity contribution in [2.75, 3.05) is 13.2 Å². The van der Waals surface area contributed by atoms with Crippen molar-refractivity contribution < 1.29 is 29.6 Å². The van der Waals surface area contributed by atoms with Crippen LogP contribution >= 0.6 is 0 Å². The molecular formula is C8H14O6. The molecule has 0 saturated carbocycles. The number of hydrogen-bond acceptors (Lipinski definition) is 6. The average Bonchev–Trinajstić information content (AvgIpc) is 2.94. The Morgan fingerprint density at radius 3 is 2.57 bits per heavy atom. The van der Waals surface area contributed by atoms with Crippen molar-refractivity contribution in [1.29, 1.82) is 0 Å². The second-order valence-electron chi connectivity index (χ2n) is 3.22. The van der Waals surface area contributed by atoms with Crippen LogP contribution in [-0.2, 0) is 14.3 Å². The van der Waals surface area contributed by atoms with Crippen molar-refractivity contribution in [3.63, 3.8) is 0 Å². The summed E-state index contributed by atoms with van der Waals surface area (Å²) in [4.78, 5) is 10.4. The lowest BCUT2D eigenvalue weighted by Crippen LogP contribution is -2.43. The molecule has 0 amide bonds. The van der Waals surface area contributed by atoms with Gasteiger partial charge in [0.25, 0.3) is 0 Å². The van der Waals surface area contributed by atoms with Gasteiger partial charge < -0.3 is 24.8 Å². The molecule has 0 bridgehead atoms. The first-order valence-electron chi connectivity index (χ1n) is 4.31. The summed E-state index contributed by atoms with van der Waals surface area (Å²) in [7, 11) is 0. The highest BCUT2D eigenvalue weighted by Crippen LogP contribution is 2.18. The summed E-state index contributed by atoms with van der Waals surface area (Å²) in [5, 5.41) is 27.9. The lowest BCUT2D eigenvalue weighted by Gasteiger charge is -2.21. The van der Waals surface area contributed by atoms with Gasteiger partial charge in [-0.05, 0) is 0 Å². The van der Waals surface area contributed by atoms with E-state index in [0.29, 0.717) is 6.61 Å². The van der Waals surface area contributed by atoms with Crippen molar-refractivity contribution in [3.8, 4) is 0 Å². The smallest absolute Gasteiger partial charge is 0.302 e. The van der Waals surface area contributed by atoms with Crippen LogP contribution in [0.3, 0.4) is 0 Å². The van der Waals surface area contributed by atoms with E-state index in [-0.39, 0.29) is 6.61 Å². The minimum Gasteiger partial charge on any atom is -0.463 e. The molecule has 0 unspecified atom stereocenters. The summed E-state index contributed by atoms with van der Waals surface area (Å²) in [5.74, 6) is -0.548. The van der Waals surface area contributed by atoms with E-state index in [4.69, 9.17) is 4.74 Å². The van der Waals surface area contributed by atoms with Crippen molar-refractivity contribution in [2.45, 2.75) is 31.3 Å². The Hall–Kier alpha value is -0.690. The summed E-state index contributed by atoms with van der Waals surface area (Å²) < 4.78 is 9.21. The number of esters is 1. The van der Waals surface area contributed by atoms with Crippen LogP contribution in [-0.4, -0.2) is 58.9 Å². The largest absolute Gasteiger partial charge is 0.463 e. The molecular weight excluding hydrogens is 192 g/mol. The highest BCUT2D eigenvalue weighted by Gasteiger charge is 2.39. The summed E-state index contributed by atoms with van der Waals surface area (Å²) in [6, 6.07) is 0. The Bertz CT molecular complexity index is 202. The third-order valence-corrected chi connectivity index (χ3v) is 1.94. The van der Waals surface area contributed by atoms with Gasteiger partial charge in [0.15, 0.2) is 0 Å². The van der Waals surface area contributed by atoms with Gasteiger partial charge in [0.1, 0.15) is 31.0 Å². The van der Waals surface area contributed by atoms with Gasteiger partial charge in [-0.25, -0.2) is 0 Å². The molecule has 0 aromatic heterocycles. The van der Waals surface area contributed by atoms with E-state index < -0.39 is 30.4 Å². The third-order valence-electron chi connectivity index (χ3n) is 1.94. The second kappa shape index (κ2) is 4.70. The number of aliphatic hydroxyl groups is 3. The molecule has 1 saturated heterocycles. The number of epoxide rings is 1. The molecule has 82 valence electrons. The van der Waals surface area contributed by atoms with Crippen molar-refractivity contribution in [1.82, 2.24) is 0 Å². The maximum Gasteiger partial charge on any atom is 0.302 e. The first-order valence-corrected chi connectivity index (χ1v) is 4.31. The lowest BCUT2D eigenvalue weighted by atomic mass is 10.1. The molecule has 1 fully saturated rings. The first-order chi connectivity index (χ1) is 6.52.